The zero-order valence-corrected chi connectivity index (χ0v) is 11.1. The predicted molar refractivity (Wildman–Crippen MR) is 59.8 cm³/mol. The highest BCUT2D eigenvalue weighted by molar-refractivity contribution is 5.71. The first-order chi connectivity index (χ1) is 9.85. The number of hydrogen-bond donors (Lipinski definition) is 2. The summed E-state index contributed by atoms with van der Waals surface area (Å²) in [6, 6.07) is 0. The minimum atomic E-state index is -4.33. The molecule has 2 fully saturated rings. The van der Waals surface area contributed by atoms with Crippen LogP contribution in [0.3, 0.4) is 0 Å². The molecule has 0 spiro atoms. The SMILES string of the molecule is O=C(O)[C@@H]1CC[C@H]1C(F)(F)F.O=C(O)[C@H]1CC[C@@H]1C(F)(F)F. The summed E-state index contributed by atoms with van der Waals surface area (Å²) in [4.78, 5) is 20.3. The fourth-order valence-corrected chi connectivity index (χ4v) is 2.37. The van der Waals surface area contributed by atoms with Crippen molar-refractivity contribution in [3.63, 3.8) is 0 Å². The highest BCUT2D eigenvalue weighted by atomic mass is 19.4. The number of hydrogen-bond acceptors (Lipinski definition) is 2. The molecule has 2 rings (SSSR count). The summed E-state index contributed by atoms with van der Waals surface area (Å²) in [6.07, 6.45) is -8.44. The lowest BCUT2D eigenvalue weighted by Gasteiger charge is -2.34. The normalized spacial score (nSPS) is 31.2. The molecule has 0 radical (unpaired) electrons. The minimum Gasteiger partial charge on any atom is -0.481 e. The average Bonchev–Trinajstić information content (AvgIpc) is 2.04. The van der Waals surface area contributed by atoms with Crippen LogP contribution >= 0.6 is 0 Å². The maximum Gasteiger partial charge on any atom is 0.392 e. The van der Waals surface area contributed by atoms with Crippen LogP contribution in [-0.2, 0) is 9.59 Å². The second kappa shape index (κ2) is 6.33. The Morgan fingerprint density at radius 2 is 0.955 bits per heavy atom. The Morgan fingerprint density at radius 1 is 0.682 bits per heavy atom. The van der Waals surface area contributed by atoms with Crippen LogP contribution in [0.25, 0.3) is 0 Å². The van der Waals surface area contributed by atoms with Gasteiger partial charge in [-0.15, -0.1) is 0 Å². The van der Waals surface area contributed by atoms with Crippen LogP contribution in [0.5, 0.6) is 0 Å². The van der Waals surface area contributed by atoms with Gasteiger partial charge in [-0.1, -0.05) is 0 Å². The van der Waals surface area contributed by atoms with Gasteiger partial charge in [0.2, 0.25) is 0 Å². The lowest BCUT2D eigenvalue weighted by molar-refractivity contribution is -0.218. The Kier molecular flexibility index (Phi) is 5.34. The van der Waals surface area contributed by atoms with Crippen LogP contribution in [0.2, 0.25) is 0 Å². The fourth-order valence-electron chi connectivity index (χ4n) is 2.37. The Labute approximate surface area is 121 Å². The van der Waals surface area contributed by atoms with E-state index in [1.54, 1.807) is 0 Å². The molecular weight excluding hydrogens is 322 g/mol. The van der Waals surface area contributed by atoms with Gasteiger partial charge in [0.15, 0.2) is 0 Å². The van der Waals surface area contributed by atoms with Crippen molar-refractivity contribution in [2.45, 2.75) is 38.0 Å². The molecule has 22 heavy (non-hydrogen) atoms. The van der Waals surface area contributed by atoms with E-state index in [9.17, 15) is 35.9 Å². The quantitative estimate of drug-likeness (QED) is 0.759. The van der Waals surface area contributed by atoms with Crippen molar-refractivity contribution in [2.24, 2.45) is 23.7 Å². The number of aliphatic carboxylic acids is 2. The molecule has 4 nitrogen and oxygen atoms in total. The standard InChI is InChI=1S/2C6H7F3O2/c2*7-6(8,9)4-2-1-3(4)5(10)11/h2*3-4H,1-2H2,(H,10,11)/t2*3-,4-/m10/s1. The van der Waals surface area contributed by atoms with Gasteiger partial charge in [-0.05, 0) is 25.7 Å². The van der Waals surface area contributed by atoms with Gasteiger partial charge in [0.25, 0.3) is 0 Å². The molecular formula is C12H14F6O4. The molecule has 0 amide bonds. The van der Waals surface area contributed by atoms with E-state index >= 15 is 0 Å². The van der Waals surface area contributed by atoms with Gasteiger partial charge in [0, 0.05) is 0 Å². The third kappa shape index (κ3) is 4.26. The van der Waals surface area contributed by atoms with Crippen molar-refractivity contribution in [1.29, 1.82) is 0 Å². The van der Waals surface area contributed by atoms with Crippen molar-refractivity contribution in [3.05, 3.63) is 0 Å². The number of carbonyl (C=O) groups is 2. The second-order valence-corrected chi connectivity index (χ2v) is 5.34. The Balaban J connectivity index is 0.000000220. The monoisotopic (exact) mass is 336 g/mol. The summed E-state index contributed by atoms with van der Waals surface area (Å²) in [5, 5.41) is 16.5. The smallest absolute Gasteiger partial charge is 0.392 e. The minimum absolute atomic E-state index is 0.0412. The van der Waals surface area contributed by atoms with Gasteiger partial charge >= 0.3 is 24.3 Å². The summed E-state index contributed by atoms with van der Waals surface area (Å²) in [6.45, 7) is 0. The van der Waals surface area contributed by atoms with Crippen molar-refractivity contribution >= 4 is 11.9 Å². The number of carboxylic acid groups (broad SMARTS) is 2. The number of carboxylic acids is 2. The third-order valence-corrected chi connectivity index (χ3v) is 4.02. The Morgan fingerprint density at radius 3 is 1.00 bits per heavy atom. The van der Waals surface area contributed by atoms with Crippen molar-refractivity contribution < 1.29 is 46.1 Å². The van der Waals surface area contributed by atoms with Gasteiger partial charge in [-0.25, -0.2) is 0 Å². The van der Waals surface area contributed by atoms with Crippen LogP contribution in [0.15, 0.2) is 0 Å². The largest absolute Gasteiger partial charge is 0.481 e. The van der Waals surface area contributed by atoms with Crippen LogP contribution in [0.1, 0.15) is 25.7 Å². The van der Waals surface area contributed by atoms with Crippen LogP contribution in [0.4, 0.5) is 26.3 Å². The maximum absolute atomic E-state index is 11.8. The zero-order valence-electron chi connectivity index (χ0n) is 11.1. The van der Waals surface area contributed by atoms with E-state index in [0.29, 0.717) is 0 Å². The predicted octanol–water partition coefficient (Wildman–Crippen LogP) is 3.32. The molecule has 0 unspecified atom stereocenters. The fraction of sp³-hybridized carbons (Fsp3) is 0.833. The van der Waals surface area contributed by atoms with E-state index in [-0.39, 0.29) is 25.7 Å². The molecule has 0 aromatic carbocycles. The lowest BCUT2D eigenvalue weighted by atomic mass is 9.73. The van der Waals surface area contributed by atoms with Gasteiger partial charge < -0.3 is 10.2 Å². The molecule has 0 aromatic heterocycles. The molecule has 4 atom stereocenters. The summed E-state index contributed by atoms with van der Waals surface area (Å²) >= 11 is 0. The van der Waals surface area contributed by atoms with Gasteiger partial charge in [-0.2, -0.15) is 26.3 Å². The van der Waals surface area contributed by atoms with E-state index in [1.807, 2.05) is 0 Å². The van der Waals surface area contributed by atoms with E-state index in [4.69, 9.17) is 10.2 Å². The molecule has 0 saturated heterocycles. The third-order valence-electron chi connectivity index (χ3n) is 4.02. The number of alkyl halides is 6. The Hall–Kier alpha value is -1.48. The first-order valence-corrected chi connectivity index (χ1v) is 6.44. The van der Waals surface area contributed by atoms with Crippen molar-refractivity contribution in [3.8, 4) is 0 Å². The van der Waals surface area contributed by atoms with E-state index in [0.717, 1.165) is 0 Å². The zero-order chi connectivity index (χ0) is 17.3. The molecule has 128 valence electrons. The van der Waals surface area contributed by atoms with Gasteiger partial charge in [0.1, 0.15) is 0 Å². The molecule has 0 heterocycles. The molecule has 2 aliphatic rings. The van der Waals surface area contributed by atoms with Crippen molar-refractivity contribution in [2.75, 3.05) is 0 Å². The van der Waals surface area contributed by atoms with E-state index in [1.165, 1.54) is 0 Å². The molecule has 0 aliphatic heterocycles. The number of rotatable bonds is 2. The summed E-state index contributed by atoms with van der Waals surface area (Å²) in [7, 11) is 0. The lowest BCUT2D eigenvalue weighted by Crippen LogP contribution is -2.42. The molecule has 0 bridgehead atoms. The maximum atomic E-state index is 11.8. The van der Waals surface area contributed by atoms with Crippen LogP contribution in [0, 0.1) is 23.7 Å². The summed E-state index contributed by atoms with van der Waals surface area (Å²) in [5.74, 6) is -8.29. The van der Waals surface area contributed by atoms with E-state index < -0.39 is 48.0 Å². The van der Waals surface area contributed by atoms with Crippen LogP contribution < -0.4 is 0 Å². The topological polar surface area (TPSA) is 74.6 Å². The first-order valence-electron chi connectivity index (χ1n) is 6.44. The first kappa shape index (κ1) is 18.6. The molecule has 2 N–H and O–H groups in total. The molecule has 2 saturated carbocycles. The molecule has 2 aliphatic carbocycles. The average molecular weight is 336 g/mol. The van der Waals surface area contributed by atoms with Crippen LogP contribution in [-0.4, -0.2) is 34.5 Å². The summed E-state index contributed by atoms with van der Waals surface area (Å²) < 4.78 is 71.1. The van der Waals surface area contributed by atoms with Gasteiger partial charge in [0.05, 0.1) is 23.7 Å². The van der Waals surface area contributed by atoms with E-state index in [2.05, 4.69) is 0 Å². The highest BCUT2D eigenvalue weighted by Gasteiger charge is 2.53. The van der Waals surface area contributed by atoms with Gasteiger partial charge in [-0.3, -0.25) is 9.59 Å². The highest BCUT2D eigenvalue weighted by Crippen LogP contribution is 2.46. The number of halogens is 6. The molecule has 0 aromatic rings. The molecule has 10 heteroatoms. The second-order valence-electron chi connectivity index (χ2n) is 5.34. The summed E-state index contributed by atoms with van der Waals surface area (Å²) in [5.41, 5.74) is 0. The van der Waals surface area contributed by atoms with Crippen molar-refractivity contribution in [1.82, 2.24) is 0 Å². The Bertz CT molecular complexity index is 390.